The van der Waals surface area contributed by atoms with Gasteiger partial charge >= 0.3 is 0 Å². The first-order chi connectivity index (χ1) is 10.2. The van der Waals surface area contributed by atoms with E-state index in [1.165, 1.54) is 0 Å². The predicted octanol–water partition coefficient (Wildman–Crippen LogP) is 4.91. The minimum atomic E-state index is 0. The highest BCUT2D eigenvalue weighted by Crippen LogP contribution is 2.37. The van der Waals surface area contributed by atoms with Gasteiger partial charge in [-0.3, -0.25) is 0 Å². The van der Waals surface area contributed by atoms with Gasteiger partial charge in [-0.05, 0) is 42.1 Å². The Labute approximate surface area is 147 Å². The molecule has 1 aromatic heterocycles. The number of hydrogen-bond acceptors (Lipinski definition) is 4. The number of hydrogen-bond donors (Lipinski definition) is 1. The molecule has 22 heavy (non-hydrogen) atoms. The highest BCUT2D eigenvalue weighted by molar-refractivity contribution is 7.09. The predicted molar refractivity (Wildman–Crippen MR) is 95.9 cm³/mol. The molecule has 1 aromatic carbocycles. The summed E-state index contributed by atoms with van der Waals surface area (Å²) in [6, 6.07) is 7.94. The second-order valence-electron chi connectivity index (χ2n) is 4.65. The van der Waals surface area contributed by atoms with Crippen molar-refractivity contribution in [3.8, 4) is 11.5 Å². The van der Waals surface area contributed by atoms with E-state index in [4.69, 9.17) is 21.1 Å². The van der Waals surface area contributed by atoms with Crippen molar-refractivity contribution in [2.75, 3.05) is 13.7 Å². The van der Waals surface area contributed by atoms with Crippen LogP contribution in [0.5, 0.6) is 11.5 Å². The monoisotopic (exact) mass is 361 g/mol. The number of benzene rings is 1. The van der Waals surface area contributed by atoms with Crippen LogP contribution in [0.25, 0.3) is 0 Å². The topological polar surface area (TPSA) is 30.5 Å². The van der Waals surface area contributed by atoms with E-state index in [0.29, 0.717) is 23.1 Å². The third kappa shape index (κ3) is 5.36. The number of nitrogens with one attached hydrogen (secondary N) is 1. The molecule has 2 aromatic rings. The SMILES string of the molecule is CCCNCc1cc(Cl)c(OCc2cccs2)c(OC)c1.Cl. The summed E-state index contributed by atoms with van der Waals surface area (Å²) >= 11 is 8.00. The molecule has 1 heterocycles. The van der Waals surface area contributed by atoms with Crippen molar-refractivity contribution >= 4 is 35.3 Å². The van der Waals surface area contributed by atoms with Gasteiger partial charge in [0.1, 0.15) is 6.61 Å². The fourth-order valence-electron chi connectivity index (χ4n) is 1.96. The first kappa shape index (κ1) is 19.1. The van der Waals surface area contributed by atoms with E-state index in [2.05, 4.69) is 12.2 Å². The van der Waals surface area contributed by atoms with E-state index in [9.17, 15) is 0 Å². The summed E-state index contributed by atoms with van der Waals surface area (Å²) in [5.74, 6) is 1.28. The Hall–Kier alpha value is -0.940. The normalized spacial score (nSPS) is 10.1. The van der Waals surface area contributed by atoms with Crippen molar-refractivity contribution in [1.82, 2.24) is 5.32 Å². The lowest BCUT2D eigenvalue weighted by Crippen LogP contribution is -2.13. The van der Waals surface area contributed by atoms with Crippen LogP contribution >= 0.6 is 35.3 Å². The van der Waals surface area contributed by atoms with Crippen LogP contribution in [-0.4, -0.2) is 13.7 Å². The molecular formula is C16H21Cl2NO2S. The maximum absolute atomic E-state index is 6.34. The van der Waals surface area contributed by atoms with Crippen molar-refractivity contribution < 1.29 is 9.47 Å². The van der Waals surface area contributed by atoms with Gasteiger partial charge in [0.05, 0.1) is 12.1 Å². The van der Waals surface area contributed by atoms with Crippen LogP contribution < -0.4 is 14.8 Å². The third-order valence-corrected chi connectivity index (χ3v) is 4.11. The van der Waals surface area contributed by atoms with Crippen LogP contribution in [-0.2, 0) is 13.2 Å². The van der Waals surface area contributed by atoms with Gasteiger partial charge in [-0.25, -0.2) is 0 Å². The van der Waals surface area contributed by atoms with Crippen LogP contribution in [0, 0.1) is 0 Å². The zero-order valence-electron chi connectivity index (χ0n) is 12.7. The molecule has 0 amide bonds. The van der Waals surface area contributed by atoms with Gasteiger partial charge in [-0.1, -0.05) is 24.6 Å². The quantitative estimate of drug-likeness (QED) is 0.677. The van der Waals surface area contributed by atoms with Crippen molar-refractivity contribution in [2.45, 2.75) is 26.5 Å². The van der Waals surface area contributed by atoms with Gasteiger partial charge in [-0.2, -0.15) is 0 Å². The van der Waals surface area contributed by atoms with Gasteiger partial charge in [-0.15, -0.1) is 23.7 Å². The summed E-state index contributed by atoms with van der Waals surface area (Å²) in [5.41, 5.74) is 1.09. The fourth-order valence-corrected chi connectivity index (χ4v) is 2.87. The van der Waals surface area contributed by atoms with Gasteiger partial charge in [0.2, 0.25) is 0 Å². The maximum Gasteiger partial charge on any atom is 0.180 e. The minimum absolute atomic E-state index is 0. The largest absolute Gasteiger partial charge is 0.493 e. The first-order valence-corrected chi connectivity index (χ1v) is 8.22. The molecule has 0 unspecified atom stereocenters. The molecule has 0 radical (unpaired) electrons. The lowest BCUT2D eigenvalue weighted by atomic mass is 10.2. The molecular weight excluding hydrogens is 341 g/mol. The Balaban J connectivity index is 0.00000242. The molecule has 0 saturated carbocycles. The van der Waals surface area contributed by atoms with Crippen LogP contribution in [0.15, 0.2) is 29.6 Å². The summed E-state index contributed by atoms with van der Waals surface area (Å²) in [7, 11) is 1.63. The second-order valence-corrected chi connectivity index (χ2v) is 6.09. The average molecular weight is 362 g/mol. The Morgan fingerprint density at radius 1 is 1.32 bits per heavy atom. The maximum atomic E-state index is 6.34. The standard InChI is InChI=1S/C16H20ClNO2S.ClH/c1-3-6-18-10-12-8-14(17)16(15(9-12)19-2)20-11-13-5-4-7-21-13;/h4-5,7-9,18H,3,6,10-11H2,1-2H3;1H. The number of rotatable bonds is 8. The molecule has 2 rings (SSSR count). The van der Waals surface area contributed by atoms with Crippen LogP contribution in [0.3, 0.4) is 0 Å². The molecule has 0 fully saturated rings. The Morgan fingerprint density at radius 2 is 2.14 bits per heavy atom. The number of halogens is 2. The Kier molecular flexibility index (Phi) is 8.64. The van der Waals surface area contributed by atoms with E-state index in [1.54, 1.807) is 18.4 Å². The van der Waals surface area contributed by atoms with E-state index in [0.717, 1.165) is 30.0 Å². The first-order valence-electron chi connectivity index (χ1n) is 6.97. The second kappa shape index (κ2) is 9.95. The molecule has 0 aliphatic heterocycles. The molecule has 0 atom stereocenters. The minimum Gasteiger partial charge on any atom is -0.493 e. The zero-order chi connectivity index (χ0) is 15.1. The summed E-state index contributed by atoms with van der Waals surface area (Å²) in [5, 5.41) is 5.96. The summed E-state index contributed by atoms with van der Waals surface area (Å²) < 4.78 is 11.2. The molecule has 122 valence electrons. The van der Waals surface area contributed by atoms with Crippen molar-refractivity contribution in [3.05, 3.63) is 45.1 Å². The van der Waals surface area contributed by atoms with Crippen LogP contribution in [0.4, 0.5) is 0 Å². The van der Waals surface area contributed by atoms with E-state index < -0.39 is 0 Å². The van der Waals surface area contributed by atoms with E-state index in [-0.39, 0.29) is 12.4 Å². The van der Waals surface area contributed by atoms with Crippen LogP contribution in [0.2, 0.25) is 5.02 Å². The molecule has 0 bridgehead atoms. The summed E-state index contributed by atoms with van der Waals surface area (Å²) in [6.45, 7) is 4.40. The van der Waals surface area contributed by atoms with Crippen molar-refractivity contribution in [3.63, 3.8) is 0 Å². The molecule has 0 saturated heterocycles. The summed E-state index contributed by atoms with van der Waals surface area (Å²) in [4.78, 5) is 1.15. The molecule has 0 aliphatic carbocycles. The molecule has 3 nitrogen and oxygen atoms in total. The fraction of sp³-hybridized carbons (Fsp3) is 0.375. The molecule has 0 aliphatic rings. The zero-order valence-corrected chi connectivity index (χ0v) is 15.1. The van der Waals surface area contributed by atoms with E-state index >= 15 is 0 Å². The lowest BCUT2D eigenvalue weighted by molar-refractivity contribution is 0.287. The average Bonchev–Trinajstić information content (AvgIpc) is 2.99. The van der Waals surface area contributed by atoms with Gasteiger partial charge in [0.25, 0.3) is 0 Å². The van der Waals surface area contributed by atoms with Gasteiger partial charge < -0.3 is 14.8 Å². The van der Waals surface area contributed by atoms with Crippen LogP contribution in [0.1, 0.15) is 23.8 Å². The highest BCUT2D eigenvalue weighted by atomic mass is 35.5. The molecule has 1 N–H and O–H groups in total. The smallest absolute Gasteiger partial charge is 0.180 e. The Morgan fingerprint density at radius 3 is 2.77 bits per heavy atom. The Bertz CT molecular complexity index is 562. The van der Waals surface area contributed by atoms with Crippen molar-refractivity contribution in [1.29, 1.82) is 0 Å². The van der Waals surface area contributed by atoms with E-state index in [1.807, 2.05) is 29.6 Å². The molecule has 6 heteroatoms. The lowest BCUT2D eigenvalue weighted by Gasteiger charge is -2.14. The third-order valence-electron chi connectivity index (χ3n) is 2.98. The number of ether oxygens (including phenoxy) is 2. The summed E-state index contributed by atoms with van der Waals surface area (Å²) in [6.07, 6.45) is 1.10. The number of methoxy groups -OCH3 is 1. The van der Waals surface area contributed by atoms with Gasteiger partial charge in [0, 0.05) is 11.4 Å². The number of thiophene rings is 1. The molecule has 0 spiro atoms. The van der Waals surface area contributed by atoms with Crippen molar-refractivity contribution in [2.24, 2.45) is 0 Å². The van der Waals surface area contributed by atoms with Gasteiger partial charge in [0.15, 0.2) is 11.5 Å². The highest BCUT2D eigenvalue weighted by Gasteiger charge is 2.12.